The highest BCUT2D eigenvalue weighted by molar-refractivity contribution is 5.96. The number of piperidine rings is 1. The maximum atomic E-state index is 13.4. The number of hydrogen-bond donors (Lipinski definition) is 1. The topological polar surface area (TPSA) is 77.1 Å². The average Bonchev–Trinajstić information content (AvgIpc) is 2.81. The molecule has 0 spiro atoms. The number of halogens is 1. The van der Waals surface area contributed by atoms with E-state index in [9.17, 15) is 14.0 Å². The first-order chi connectivity index (χ1) is 15.3. The number of methoxy groups -OCH3 is 3. The van der Waals surface area contributed by atoms with Crippen LogP contribution in [-0.4, -0.2) is 51.1 Å². The van der Waals surface area contributed by atoms with Gasteiger partial charge in [-0.25, -0.2) is 4.39 Å². The zero-order chi connectivity index (χ0) is 23.3. The van der Waals surface area contributed by atoms with Gasteiger partial charge in [0.15, 0.2) is 11.5 Å². The molecule has 32 heavy (non-hydrogen) atoms. The van der Waals surface area contributed by atoms with Crippen LogP contribution in [0.25, 0.3) is 0 Å². The summed E-state index contributed by atoms with van der Waals surface area (Å²) in [6, 6.07) is 9.34. The molecule has 2 aromatic rings. The lowest BCUT2D eigenvalue weighted by Gasteiger charge is -2.39. The second-order valence-corrected chi connectivity index (χ2v) is 8.12. The average molecular weight is 445 g/mol. The molecule has 0 bridgehead atoms. The number of amides is 2. The van der Waals surface area contributed by atoms with Crippen LogP contribution >= 0.6 is 0 Å². The van der Waals surface area contributed by atoms with Crippen LogP contribution in [0.4, 0.5) is 4.39 Å². The van der Waals surface area contributed by atoms with E-state index in [0.717, 1.165) is 0 Å². The lowest BCUT2D eigenvalue weighted by Crippen LogP contribution is -2.51. The van der Waals surface area contributed by atoms with Gasteiger partial charge in [-0.3, -0.25) is 9.59 Å². The molecule has 2 amide bonds. The smallest absolute Gasteiger partial charge is 0.254 e. The maximum Gasteiger partial charge on any atom is 0.254 e. The molecule has 0 aliphatic carbocycles. The van der Waals surface area contributed by atoms with E-state index in [0.29, 0.717) is 47.8 Å². The molecule has 1 saturated heterocycles. The zero-order valence-corrected chi connectivity index (χ0v) is 18.9. The van der Waals surface area contributed by atoms with Crippen molar-refractivity contribution in [2.75, 3.05) is 34.4 Å². The van der Waals surface area contributed by atoms with Crippen molar-refractivity contribution < 1.29 is 28.2 Å². The van der Waals surface area contributed by atoms with Crippen LogP contribution in [0.2, 0.25) is 0 Å². The molecule has 1 fully saturated rings. The van der Waals surface area contributed by atoms with Crippen molar-refractivity contribution >= 4 is 11.8 Å². The Kier molecular flexibility index (Phi) is 7.22. The molecule has 2 aromatic carbocycles. The van der Waals surface area contributed by atoms with Gasteiger partial charge in [0.25, 0.3) is 5.91 Å². The van der Waals surface area contributed by atoms with E-state index < -0.39 is 5.41 Å². The van der Waals surface area contributed by atoms with Crippen molar-refractivity contribution in [2.24, 2.45) is 5.41 Å². The summed E-state index contributed by atoms with van der Waals surface area (Å²) in [6.45, 7) is 2.90. The van der Waals surface area contributed by atoms with Crippen molar-refractivity contribution in [3.8, 4) is 17.2 Å². The lowest BCUT2D eigenvalue weighted by molar-refractivity contribution is -0.132. The quantitative estimate of drug-likeness (QED) is 0.708. The highest BCUT2D eigenvalue weighted by Crippen LogP contribution is 2.39. The first-order valence-corrected chi connectivity index (χ1v) is 10.4. The first-order valence-electron chi connectivity index (χ1n) is 10.4. The minimum atomic E-state index is -0.748. The number of nitrogens with one attached hydrogen (secondary N) is 1. The second kappa shape index (κ2) is 9.89. The third-order valence-electron chi connectivity index (χ3n) is 5.79. The summed E-state index contributed by atoms with van der Waals surface area (Å²) in [5, 5.41) is 2.89. The molecule has 7 nitrogen and oxygen atoms in total. The number of carbonyl (C=O) groups excluding carboxylic acids is 2. The Balaban J connectivity index is 1.74. The predicted octanol–water partition coefficient (Wildman–Crippen LogP) is 3.41. The van der Waals surface area contributed by atoms with Crippen molar-refractivity contribution in [1.82, 2.24) is 10.2 Å². The van der Waals surface area contributed by atoms with E-state index in [4.69, 9.17) is 14.2 Å². The van der Waals surface area contributed by atoms with Gasteiger partial charge in [-0.15, -0.1) is 0 Å². The highest BCUT2D eigenvalue weighted by Gasteiger charge is 2.39. The maximum absolute atomic E-state index is 13.4. The lowest BCUT2D eigenvalue weighted by atomic mass is 9.80. The normalized spacial score (nSPS) is 18.1. The summed E-state index contributed by atoms with van der Waals surface area (Å²) in [4.78, 5) is 27.9. The number of carbonyl (C=O) groups is 2. The van der Waals surface area contributed by atoms with Crippen molar-refractivity contribution in [2.45, 2.75) is 26.3 Å². The Labute approximate surface area is 187 Å². The fourth-order valence-electron chi connectivity index (χ4n) is 4.03. The van der Waals surface area contributed by atoms with Crippen LogP contribution in [0, 0.1) is 11.2 Å². The summed E-state index contributed by atoms with van der Waals surface area (Å²) in [6.07, 6.45) is 1.35. The van der Waals surface area contributed by atoms with Crippen LogP contribution in [0.5, 0.6) is 17.2 Å². The number of likely N-dealkylation sites (tertiary alicyclic amines) is 1. The van der Waals surface area contributed by atoms with E-state index in [1.54, 1.807) is 29.2 Å². The van der Waals surface area contributed by atoms with Crippen molar-refractivity contribution in [3.63, 3.8) is 0 Å². The van der Waals surface area contributed by atoms with Gasteiger partial charge in [-0.05, 0) is 49.6 Å². The molecule has 0 aromatic heterocycles. The van der Waals surface area contributed by atoms with Crippen molar-refractivity contribution in [3.05, 3.63) is 53.3 Å². The Morgan fingerprint density at radius 2 is 1.78 bits per heavy atom. The Hall–Kier alpha value is -3.29. The molecule has 1 aliphatic heterocycles. The van der Waals surface area contributed by atoms with Crippen LogP contribution in [0.1, 0.15) is 35.7 Å². The number of hydrogen-bond acceptors (Lipinski definition) is 5. The Morgan fingerprint density at radius 1 is 1.09 bits per heavy atom. The van der Waals surface area contributed by atoms with Crippen LogP contribution in [-0.2, 0) is 11.3 Å². The summed E-state index contributed by atoms with van der Waals surface area (Å²) in [7, 11) is 4.49. The second-order valence-electron chi connectivity index (χ2n) is 8.12. The van der Waals surface area contributed by atoms with Gasteiger partial charge in [-0.2, -0.15) is 0 Å². The fraction of sp³-hybridized carbons (Fsp3) is 0.417. The molecule has 0 radical (unpaired) electrons. The molecule has 3 rings (SSSR count). The minimum absolute atomic E-state index is 0.163. The first kappa shape index (κ1) is 23.4. The van der Waals surface area contributed by atoms with E-state index in [1.807, 2.05) is 6.92 Å². The van der Waals surface area contributed by atoms with E-state index in [-0.39, 0.29) is 30.7 Å². The molecule has 1 N–H and O–H groups in total. The molecular weight excluding hydrogens is 415 g/mol. The molecule has 1 heterocycles. The SMILES string of the molecule is COc1cc(C(=O)N2CCC[C@](C)(C(=O)NCc3cccc(F)c3)C2)cc(OC)c1OC. The number of ether oxygens (including phenoxy) is 3. The van der Waals surface area contributed by atoms with Crippen LogP contribution < -0.4 is 19.5 Å². The highest BCUT2D eigenvalue weighted by atomic mass is 19.1. The molecule has 1 aliphatic rings. The van der Waals surface area contributed by atoms with Gasteiger partial charge in [-0.1, -0.05) is 12.1 Å². The van der Waals surface area contributed by atoms with E-state index in [1.165, 1.54) is 33.5 Å². The summed E-state index contributed by atoms with van der Waals surface area (Å²) >= 11 is 0. The summed E-state index contributed by atoms with van der Waals surface area (Å²) < 4.78 is 29.4. The largest absolute Gasteiger partial charge is 0.493 e. The van der Waals surface area contributed by atoms with Gasteiger partial charge in [0.05, 0.1) is 26.7 Å². The fourth-order valence-corrected chi connectivity index (χ4v) is 4.03. The number of rotatable bonds is 7. The van der Waals surface area contributed by atoms with Gasteiger partial charge in [0.1, 0.15) is 5.82 Å². The molecule has 172 valence electrons. The monoisotopic (exact) mass is 444 g/mol. The van der Waals surface area contributed by atoms with Gasteiger partial charge < -0.3 is 24.4 Å². The van der Waals surface area contributed by atoms with Gasteiger partial charge in [0, 0.05) is 25.2 Å². The molecule has 1 atom stereocenters. The molecule has 8 heteroatoms. The van der Waals surface area contributed by atoms with Crippen molar-refractivity contribution in [1.29, 1.82) is 0 Å². The Bertz CT molecular complexity index is 971. The van der Waals surface area contributed by atoms with E-state index in [2.05, 4.69) is 5.32 Å². The number of benzene rings is 2. The third-order valence-corrected chi connectivity index (χ3v) is 5.79. The summed E-state index contributed by atoms with van der Waals surface area (Å²) in [5.74, 6) is 0.470. The molecule has 0 unspecified atom stereocenters. The number of nitrogens with zero attached hydrogens (tertiary/aromatic N) is 1. The molecular formula is C24H29FN2O5. The molecule has 0 saturated carbocycles. The van der Waals surface area contributed by atoms with Crippen LogP contribution in [0.15, 0.2) is 36.4 Å². The van der Waals surface area contributed by atoms with Crippen LogP contribution in [0.3, 0.4) is 0 Å². The standard InChI is InChI=1S/C24H29FN2O5/c1-24(23(29)26-14-16-7-5-8-18(25)11-16)9-6-10-27(15-24)22(28)17-12-19(30-2)21(32-4)20(13-17)31-3/h5,7-8,11-13H,6,9-10,14-15H2,1-4H3,(H,26,29)/t24-/m0/s1. The van der Waals surface area contributed by atoms with Gasteiger partial charge in [0.2, 0.25) is 11.7 Å². The minimum Gasteiger partial charge on any atom is -0.493 e. The Morgan fingerprint density at radius 3 is 2.38 bits per heavy atom. The zero-order valence-electron chi connectivity index (χ0n) is 18.9. The summed E-state index contributed by atoms with van der Waals surface area (Å²) in [5.41, 5.74) is 0.328. The third kappa shape index (κ3) is 4.95. The van der Waals surface area contributed by atoms with E-state index >= 15 is 0 Å². The predicted molar refractivity (Wildman–Crippen MR) is 118 cm³/mol. The van der Waals surface area contributed by atoms with Gasteiger partial charge >= 0.3 is 0 Å².